The third kappa shape index (κ3) is 3.34. The Kier molecular flexibility index (Phi) is 4.47. The summed E-state index contributed by atoms with van der Waals surface area (Å²) in [6, 6.07) is 31.1. The zero-order valence-corrected chi connectivity index (χ0v) is 18.5. The van der Waals surface area contributed by atoms with E-state index in [-0.39, 0.29) is 0 Å². The van der Waals surface area contributed by atoms with Crippen molar-refractivity contribution in [1.82, 2.24) is 19.9 Å². The highest BCUT2D eigenvalue weighted by atomic mass is 15.3. The first-order chi connectivity index (χ1) is 16.2. The Bertz CT molecular complexity index is 1520. The van der Waals surface area contributed by atoms with Crippen LogP contribution in [0.1, 0.15) is 11.1 Å². The van der Waals surface area contributed by atoms with Gasteiger partial charge in [0, 0.05) is 5.56 Å². The van der Waals surface area contributed by atoms with Gasteiger partial charge in [-0.05, 0) is 60.9 Å². The van der Waals surface area contributed by atoms with Crippen LogP contribution in [0.15, 0.2) is 91.0 Å². The number of aryl methyl sites for hydroxylation is 2. The van der Waals surface area contributed by atoms with Crippen molar-refractivity contribution in [3.63, 3.8) is 0 Å². The van der Waals surface area contributed by atoms with Gasteiger partial charge in [0.2, 0.25) is 11.9 Å². The number of hydrogen-bond acceptors (Lipinski definition) is 3. The summed E-state index contributed by atoms with van der Waals surface area (Å²) in [5, 5.41) is 0. The van der Waals surface area contributed by atoms with E-state index in [2.05, 4.69) is 83.3 Å². The molecule has 0 unspecified atom stereocenters. The molecule has 2 aromatic heterocycles. The minimum absolute atomic E-state index is 0.715. The van der Waals surface area contributed by atoms with Crippen LogP contribution >= 0.6 is 0 Å². The Morgan fingerprint density at radius 3 is 2.06 bits per heavy atom. The Labute approximate surface area is 191 Å². The first-order valence-corrected chi connectivity index (χ1v) is 11.0. The predicted octanol–water partition coefficient (Wildman–Crippen LogP) is 7.19. The van der Waals surface area contributed by atoms with Gasteiger partial charge in [-0.15, -0.1) is 0 Å². The maximum atomic E-state index is 4.98. The van der Waals surface area contributed by atoms with Crippen LogP contribution in [0.4, 0.5) is 17.6 Å². The molecule has 4 aromatic carbocycles. The van der Waals surface area contributed by atoms with Crippen LogP contribution in [0.2, 0.25) is 0 Å². The molecule has 5 heteroatoms. The SMILES string of the molecule is Cc1cc2nc(N(c3nc4ccccc4[nH]3)c3ccccc3-c3ccccc3)[nH]c2cc1C. The molecule has 0 bridgehead atoms. The largest absolute Gasteiger partial charge is 0.323 e. The van der Waals surface area contributed by atoms with E-state index in [1.54, 1.807) is 0 Å². The molecule has 6 rings (SSSR count). The van der Waals surface area contributed by atoms with Crippen LogP contribution in [-0.4, -0.2) is 19.9 Å². The lowest BCUT2D eigenvalue weighted by atomic mass is 10.0. The van der Waals surface area contributed by atoms with Crippen LogP contribution in [0.3, 0.4) is 0 Å². The second-order valence-electron chi connectivity index (χ2n) is 8.31. The maximum Gasteiger partial charge on any atom is 0.215 e. The number of imidazole rings is 2. The van der Waals surface area contributed by atoms with Gasteiger partial charge in [0.05, 0.1) is 27.8 Å². The number of nitrogens with one attached hydrogen (secondary N) is 2. The summed E-state index contributed by atoms with van der Waals surface area (Å²) in [6.45, 7) is 4.24. The summed E-state index contributed by atoms with van der Waals surface area (Å²) >= 11 is 0. The van der Waals surface area contributed by atoms with Crippen molar-refractivity contribution >= 4 is 39.7 Å². The van der Waals surface area contributed by atoms with E-state index in [1.165, 1.54) is 11.1 Å². The third-order valence-electron chi connectivity index (χ3n) is 6.12. The Morgan fingerprint density at radius 2 is 1.24 bits per heavy atom. The summed E-state index contributed by atoms with van der Waals surface area (Å²) in [5.41, 5.74) is 9.53. The zero-order valence-electron chi connectivity index (χ0n) is 18.5. The van der Waals surface area contributed by atoms with Gasteiger partial charge in [0.15, 0.2) is 0 Å². The van der Waals surface area contributed by atoms with Crippen LogP contribution in [-0.2, 0) is 0 Å². The molecule has 0 aliphatic rings. The zero-order chi connectivity index (χ0) is 22.4. The number of aromatic amines is 2. The monoisotopic (exact) mass is 429 g/mol. The fraction of sp³-hybridized carbons (Fsp3) is 0.0714. The Balaban J connectivity index is 1.61. The summed E-state index contributed by atoms with van der Waals surface area (Å²) < 4.78 is 0. The van der Waals surface area contributed by atoms with Crippen molar-refractivity contribution < 1.29 is 0 Å². The van der Waals surface area contributed by atoms with Crippen molar-refractivity contribution in [3.05, 3.63) is 102 Å². The summed E-state index contributed by atoms with van der Waals surface area (Å²) in [4.78, 5) is 19.0. The lowest BCUT2D eigenvalue weighted by molar-refractivity contribution is 1.09. The van der Waals surface area contributed by atoms with E-state index in [1.807, 2.05) is 36.4 Å². The molecule has 0 radical (unpaired) electrons. The second-order valence-corrected chi connectivity index (χ2v) is 8.31. The molecule has 0 atom stereocenters. The average molecular weight is 430 g/mol. The number of rotatable bonds is 4. The van der Waals surface area contributed by atoms with Crippen LogP contribution < -0.4 is 4.90 Å². The van der Waals surface area contributed by atoms with E-state index in [9.17, 15) is 0 Å². The first kappa shape index (κ1) is 19.3. The molecule has 5 nitrogen and oxygen atoms in total. The summed E-state index contributed by atoms with van der Waals surface area (Å²) in [5.74, 6) is 1.43. The molecule has 0 saturated carbocycles. The quantitative estimate of drug-likeness (QED) is 0.312. The highest BCUT2D eigenvalue weighted by molar-refractivity contribution is 5.89. The number of nitrogens with zero attached hydrogens (tertiary/aromatic N) is 3. The number of anilines is 3. The van der Waals surface area contributed by atoms with E-state index < -0.39 is 0 Å². The van der Waals surface area contributed by atoms with Gasteiger partial charge in [-0.3, -0.25) is 0 Å². The molecular weight excluding hydrogens is 406 g/mol. The number of para-hydroxylation sites is 3. The van der Waals surface area contributed by atoms with E-state index in [0.717, 1.165) is 44.8 Å². The smallest absolute Gasteiger partial charge is 0.215 e. The van der Waals surface area contributed by atoms with E-state index in [0.29, 0.717) is 5.95 Å². The number of hydrogen-bond donors (Lipinski definition) is 2. The minimum atomic E-state index is 0.715. The van der Waals surface area contributed by atoms with Crippen LogP contribution in [0.5, 0.6) is 0 Å². The molecule has 0 amide bonds. The molecule has 0 aliphatic carbocycles. The lowest BCUT2D eigenvalue weighted by Gasteiger charge is -2.22. The fourth-order valence-electron chi connectivity index (χ4n) is 4.27. The topological polar surface area (TPSA) is 60.6 Å². The molecule has 33 heavy (non-hydrogen) atoms. The minimum Gasteiger partial charge on any atom is -0.323 e. The normalized spacial score (nSPS) is 11.3. The predicted molar refractivity (Wildman–Crippen MR) is 135 cm³/mol. The molecule has 0 fully saturated rings. The van der Waals surface area contributed by atoms with Gasteiger partial charge in [-0.1, -0.05) is 60.7 Å². The number of H-pyrrole nitrogens is 2. The molecule has 0 spiro atoms. The molecule has 0 aliphatic heterocycles. The Hall–Kier alpha value is -4.38. The molecule has 160 valence electrons. The first-order valence-electron chi connectivity index (χ1n) is 11.0. The molecule has 2 heterocycles. The number of fused-ring (bicyclic) bond motifs is 2. The van der Waals surface area contributed by atoms with Gasteiger partial charge in [0.25, 0.3) is 0 Å². The van der Waals surface area contributed by atoms with Crippen molar-refractivity contribution in [2.45, 2.75) is 13.8 Å². The van der Waals surface area contributed by atoms with Crippen molar-refractivity contribution in [2.24, 2.45) is 0 Å². The van der Waals surface area contributed by atoms with Gasteiger partial charge in [0.1, 0.15) is 0 Å². The average Bonchev–Trinajstić information content (AvgIpc) is 3.44. The lowest BCUT2D eigenvalue weighted by Crippen LogP contribution is -2.14. The molecular formula is C28H23N5. The van der Waals surface area contributed by atoms with Crippen molar-refractivity contribution in [3.8, 4) is 11.1 Å². The van der Waals surface area contributed by atoms with Crippen molar-refractivity contribution in [1.29, 1.82) is 0 Å². The second kappa shape index (κ2) is 7.64. The third-order valence-corrected chi connectivity index (χ3v) is 6.12. The highest BCUT2D eigenvalue weighted by Gasteiger charge is 2.23. The Morgan fingerprint density at radius 1 is 0.606 bits per heavy atom. The highest BCUT2D eigenvalue weighted by Crippen LogP contribution is 2.39. The molecule has 6 aromatic rings. The van der Waals surface area contributed by atoms with Crippen molar-refractivity contribution in [2.75, 3.05) is 4.90 Å². The number of benzene rings is 4. The standard InChI is InChI=1S/C28H23N5/c1-18-16-24-25(17-19(18)2)32-28(31-24)33(27-29-22-13-7-8-14-23(22)30-27)26-15-9-6-12-21(26)20-10-4-3-5-11-20/h3-17H,1-2H3,(H,29,30)(H,31,32). The van der Waals surface area contributed by atoms with Gasteiger partial charge in [-0.25, -0.2) is 14.9 Å². The summed E-state index contributed by atoms with van der Waals surface area (Å²) in [7, 11) is 0. The van der Waals surface area contributed by atoms with Gasteiger partial charge >= 0.3 is 0 Å². The van der Waals surface area contributed by atoms with Crippen LogP contribution in [0, 0.1) is 13.8 Å². The van der Waals surface area contributed by atoms with E-state index in [4.69, 9.17) is 9.97 Å². The van der Waals surface area contributed by atoms with Gasteiger partial charge < -0.3 is 9.97 Å². The molecule has 0 saturated heterocycles. The van der Waals surface area contributed by atoms with Crippen LogP contribution in [0.25, 0.3) is 33.2 Å². The molecule has 2 N–H and O–H groups in total. The summed E-state index contributed by atoms with van der Waals surface area (Å²) in [6.07, 6.45) is 0. The van der Waals surface area contributed by atoms with E-state index >= 15 is 0 Å². The number of aromatic nitrogens is 4. The fourth-order valence-corrected chi connectivity index (χ4v) is 4.27. The van der Waals surface area contributed by atoms with Gasteiger partial charge in [-0.2, -0.15) is 0 Å². The maximum absolute atomic E-state index is 4.98.